The van der Waals surface area contributed by atoms with Gasteiger partial charge >= 0.3 is 0 Å². The Morgan fingerprint density at radius 2 is 1.88 bits per heavy atom. The van der Waals surface area contributed by atoms with E-state index in [2.05, 4.69) is 24.8 Å². The van der Waals surface area contributed by atoms with Gasteiger partial charge in [0.25, 0.3) is 11.5 Å². The maximum atomic E-state index is 13.3. The van der Waals surface area contributed by atoms with Crippen molar-refractivity contribution in [1.29, 1.82) is 5.26 Å². The highest BCUT2D eigenvalue weighted by Crippen LogP contribution is 2.38. The summed E-state index contributed by atoms with van der Waals surface area (Å²) >= 11 is 6.82. The molecule has 0 saturated carbocycles. The lowest BCUT2D eigenvalue weighted by Gasteiger charge is -2.39. The molecule has 2 aliphatic rings. The fourth-order valence-electron chi connectivity index (χ4n) is 4.93. The minimum absolute atomic E-state index is 0.0245. The predicted octanol–water partition coefficient (Wildman–Crippen LogP) is 4.92. The third-order valence-corrected chi connectivity index (χ3v) is 7.92. The van der Waals surface area contributed by atoms with E-state index in [1.54, 1.807) is 9.47 Å². The summed E-state index contributed by atoms with van der Waals surface area (Å²) in [5.74, 6) is 1.71. The molecule has 2 aliphatic heterocycles. The normalized spacial score (nSPS) is 23.4. The first-order valence-corrected chi connectivity index (χ1v) is 13.1. The van der Waals surface area contributed by atoms with Crippen LogP contribution in [-0.2, 0) is 11.3 Å². The summed E-state index contributed by atoms with van der Waals surface area (Å²) in [6, 6.07) is 2.15. The van der Waals surface area contributed by atoms with Crippen LogP contribution in [-0.4, -0.2) is 38.8 Å². The molecule has 0 aromatic carbocycles. The van der Waals surface area contributed by atoms with Crippen LogP contribution in [0.4, 0.5) is 5.82 Å². The number of rotatable bonds is 6. The van der Waals surface area contributed by atoms with Gasteiger partial charge in [0.05, 0.1) is 4.91 Å². The van der Waals surface area contributed by atoms with Gasteiger partial charge in [0.15, 0.2) is 0 Å². The topological polar surface area (TPSA) is 69.3 Å². The fraction of sp³-hybridized carbons (Fsp3) is 0.600. The Morgan fingerprint density at radius 1 is 1.24 bits per heavy atom. The highest BCUT2D eigenvalue weighted by molar-refractivity contribution is 8.26. The molecule has 1 amide bonds. The minimum atomic E-state index is -0.248. The monoisotopic (exact) mass is 486 g/mol. The number of piperidine rings is 1. The number of hydrogen-bond acceptors (Lipinski definition) is 6. The molecule has 2 saturated heterocycles. The molecule has 3 heterocycles. The second kappa shape index (κ2) is 10.4. The van der Waals surface area contributed by atoms with E-state index in [0.29, 0.717) is 33.2 Å². The van der Waals surface area contributed by atoms with Gasteiger partial charge < -0.3 is 4.90 Å². The Morgan fingerprint density at radius 3 is 2.42 bits per heavy atom. The van der Waals surface area contributed by atoms with Gasteiger partial charge in [-0.2, -0.15) is 5.26 Å². The van der Waals surface area contributed by atoms with Crippen LogP contribution in [0.25, 0.3) is 6.08 Å². The molecule has 0 bridgehead atoms. The van der Waals surface area contributed by atoms with Crippen LogP contribution in [0.15, 0.2) is 9.70 Å². The second-order valence-electron chi connectivity index (χ2n) is 9.47. The van der Waals surface area contributed by atoms with Gasteiger partial charge in [0.1, 0.15) is 21.8 Å². The van der Waals surface area contributed by atoms with Gasteiger partial charge in [-0.15, -0.1) is 0 Å². The average Bonchev–Trinajstić information content (AvgIpc) is 3.03. The van der Waals surface area contributed by atoms with Gasteiger partial charge in [0.2, 0.25) is 0 Å². The van der Waals surface area contributed by atoms with E-state index in [1.165, 1.54) is 11.8 Å². The SMILES string of the molecule is CCCn1c(N2CC(C)CC(C)C2)c(C=C2SC(=S)N(C(C)CC)C2=O)c(C)c(C#N)c1=O. The average molecular weight is 487 g/mol. The summed E-state index contributed by atoms with van der Waals surface area (Å²) in [6.07, 6.45) is 4.60. The molecule has 0 aliphatic carbocycles. The van der Waals surface area contributed by atoms with Crippen molar-refractivity contribution in [2.75, 3.05) is 18.0 Å². The number of aromatic nitrogens is 1. The number of anilines is 1. The number of thioether (sulfide) groups is 1. The van der Waals surface area contributed by atoms with Crippen molar-refractivity contribution < 1.29 is 4.79 Å². The first-order chi connectivity index (χ1) is 15.6. The molecule has 1 aromatic heterocycles. The zero-order valence-corrected chi connectivity index (χ0v) is 22.1. The van der Waals surface area contributed by atoms with Crippen LogP contribution in [0.3, 0.4) is 0 Å². The number of carbonyl (C=O) groups excluding carboxylic acids is 1. The number of carbonyl (C=O) groups is 1. The summed E-state index contributed by atoms with van der Waals surface area (Å²) in [6.45, 7) is 14.6. The number of nitrogens with zero attached hydrogens (tertiary/aromatic N) is 4. The highest BCUT2D eigenvalue weighted by Gasteiger charge is 2.36. The van der Waals surface area contributed by atoms with Crippen LogP contribution >= 0.6 is 24.0 Å². The largest absolute Gasteiger partial charge is 0.357 e. The van der Waals surface area contributed by atoms with Crippen molar-refractivity contribution in [1.82, 2.24) is 9.47 Å². The molecule has 3 atom stereocenters. The smallest absolute Gasteiger partial charge is 0.270 e. The lowest BCUT2D eigenvalue weighted by atomic mass is 9.91. The van der Waals surface area contributed by atoms with Gasteiger partial charge in [0, 0.05) is 31.2 Å². The number of pyridine rings is 1. The molecule has 0 spiro atoms. The number of hydrogen-bond donors (Lipinski definition) is 0. The van der Waals surface area contributed by atoms with Crippen LogP contribution in [0.1, 0.15) is 70.6 Å². The van der Waals surface area contributed by atoms with E-state index in [4.69, 9.17) is 12.2 Å². The summed E-state index contributed by atoms with van der Waals surface area (Å²) < 4.78 is 2.31. The third kappa shape index (κ3) is 4.90. The van der Waals surface area contributed by atoms with Crippen LogP contribution < -0.4 is 10.5 Å². The van der Waals surface area contributed by atoms with Crippen LogP contribution in [0.2, 0.25) is 0 Å². The molecular formula is C25H34N4O2S2. The van der Waals surface area contributed by atoms with Crippen LogP contribution in [0, 0.1) is 30.1 Å². The summed E-state index contributed by atoms with van der Waals surface area (Å²) in [5, 5.41) is 9.80. The maximum Gasteiger partial charge on any atom is 0.270 e. The summed E-state index contributed by atoms with van der Waals surface area (Å²) in [4.78, 5) is 31.1. The molecule has 2 fully saturated rings. The number of thiocarbonyl (C=S) groups is 1. The Kier molecular flexibility index (Phi) is 8.07. The van der Waals surface area contributed by atoms with Crippen molar-refractivity contribution >= 4 is 46.1 Å². The van der Waals surface area contributed by atoms with E-state index in [1.807, 2.05) is 33.8 Å². The minimum Gasteiger partial charge on any atom is -0.357 e. The van der Waals surface area contributed by atoms with Crippen molar-refractivity contribution in [2.45, 2.75) is 73.4 Å². The second-order valence-corrected chi connectivity index (χ2v) is 11.1. The first kappa shape index (κ1) is 25.5. The molecule has 0 radical (unpaired) electrons. The first-order valence-electron chi connectivity index (χ1n) is 11.8. The quantitative estimate of drug-likeness (QED) is 0.420. The predicted molar refractivity (Wildman–Crippen MR) is 140 cm³/mol. The number of amides is 1. The Balaban J connectivity index is 2.26. The molecule has 1 aromatic rings. The van der Waals surface area contributed by atoms with E-state index in [-0.39, 0.29) is 23.1 Å². The van der Waals surface area contributed by atoms with E-state index >= 15 is 0 Å². The molecule has 3 unspecified atom stereocenters. The summed E-state index contributed by atoms with van der Waals surface area (Å²) in [7, 11) is 0. The van der Waals surface area contributed by atoms with E-state index in [9.17, 15) is 14.9 Å². The number of nitriles is 1. The standard InChI is InChI=1S/C25H34N4O2S2/c1-7-9-28-22(27-13-15(3)10-16(4)14-27)19(18(6)20(12-26)23(28)30)11-21-24(31)29(17(5)8-2)25(32)33-21/h11,15-17H,7-10,13-14H2,1-6H3. The van der Waals surface area contributed by atoms with Gasteiger partial charge in [-0.1, -0.05) is 51.7 Å². The van der Waals surface area contributed by atoms with Crippen molar-refractivity contribution in [3.8, 4) is 6.07 Å². The van der Waals surface area contributed by atoms with Gasteiger partial charge in [-0.05, 0) is 56.6 Å². The van der Waals surface area contributed by atoms with Gasteiger partial charge in [-0.25, -0.2) is 0 Å². The zero-order valence-electron chi connectivity index (χ0n) is 20.5. The molecule has 0 N–H and O–H groups in total. The maximum absolute atomic E-state index is 13.3. The summed E-state index contributed by atoms with van der Waals surface area (Å²) in [5.41, 5.74) is 1.31. The van der Waals surface area contributed by atoms with Crippen LogP contribution in [0.5, 0.6) is 0 Å². The van der Waals surface area contributed by atoms with Crippen molar-refractivity contribution in [2.24, 2.45) is 11.8 Å². The molecule has 8 heteroatoms. The van der Waals surface area contributed by atoms with Gasteiger partial charge in [-0.3, -0.25) is 19.1 Å². The fourth-order valence-corrected chi connectivity index (χ4v) is 6.37. The molecule has 6 nitrogen and oxygen atoms in total. The molecular weight excluding hydrogens is 452 g/mol. The Labute approximate surface area is 206 Å². The Bertz CT molecular complexity index is 1080. The Hall–Kier alpha value is -2.11. The van der Waals surface area contributed by atoms with Crippen molar-refractivity contribution in [3.05, 3.63) is 31.9 Å². The third-order valence-electron chi connectivity index (χ3n) is 6.59. The lowest BCUT2D eigenvalue weighted by Crippen LogP contribution is -2.43. The molecule has 3 rings (SSSR count). The highest BCUT2D eigenvalue weighted by atomic mass is 32.2. The zero-order chi connectivity index (χ0) is 24.4. The van der Waals surface area contributed by atoms with E-state index in [0.717, 1.165) is 43.7 Å². The molecule has 178 valence electrons. The van der Waals surface area contributed by atoms with E-state index < -0.39 is 0 Å². The lowest BCUT2D eigenvalue weighted by molar-refractivity contribution is -0.123. The molecule has 33 heavy (non-hydrogen) atoms. The van der Waals surface area contributed by atoms with Crippen molar-refractivity contribution in [3.63, 3.8) is 0 Å².